The quantitative estimate of drug-likeness (QED) is 0.929. The predicted molar refractivity (Wildman–Crippen MR) is 70.9 cm³/mol. The number of nitrogens with zero attached hydrogens (tertiary/aromatic N) is 2. The van der Waals surface area contributed by atoms with Crippen LogP contribution in [-0.4, -0.2) is 29.3 Å². The summed E-state index contributed by atoms with van der Waals surface area (Å²) in [6, 6.07) is 6.49. The van der Waals surface area contributed by atoms with Crippen LogP contribution in [0.4, 0.5) is 13.2 Å². The van der Waals surface area contributed by atoms with E-state index in [1.165, 1.54) is 0 Å². The zero-order valence-electron chi connectivity index (χ0n) is 11.8. The molecule has 0 spiro atoms. The Balaban J connectivity index is 1.62. The summed E-state index contributed by atoms with van der Waals surface area (Å²) < 4.78 is 46.4. The minimum atomic E-state index is -4.67. The van der Waals surface area contributed by atoms with E-state index in [9.17, 15) is 18.0 Å². The summed E-state index contributed by atoms with van der Waals surface area (Å²) in [6.07, 6.45) is -4.67. The maximum absolute atomic E-state index is 12.4. The van der Waals surface area contributed by atoms with Crippen molar-refractivity contribution in [2.24, 2.45) is 5.92 Å². The van der Waals surface area contributed by atoms with Crippen molar-refractivity contribution in [2.75, 3.05) is 13.2 Å². The van der Waals surface area contributed by atoms with E-state index in [4.69, 9.17) is 4.74 Å². The largest absolute Gasteiger partial charge is 0.471 e. The fraction of sp³-hybridized carbons (Fsp3) is 0.357. The molecule has 1 fully saturated rings. The molecule has 1 amide bonds. The van der Waals surface area contributed by atoms with Gasteiger partial charge in [-0.2, -0.15) is 18.2 Å². The van der Waals surface area contributed by atoms with Crippen molar-refractivity contribution < 1.29 is 27.2 Å². The molecule has 2 aromatic rings. The topological polar surface area (TPSA) is 77.3 Å². The molecule has 0 aliphatic carbocycles. The van der Waals surface area contributed by atoms with Crippen molar-refractivity contribution in [3.05, 3.63) is 35.7 Å². The van der Waals surface area contributed by atoms with Gasteiger partial charge in [-0.15, -0.1) is 0 Å². The van der Waals surface area contributed by atoms with Gasteiger partial charge in [0.1, 0.15) is 0 Å². The van der Waals surface area contributed by atoms with E-state index in [1.54, 1.807) is 24.3 Å². The van der Waals surface area contributed by atoms with E-state index in [-0.39, 0.29) is 17.6 Å². The number of carbonyl (C=O) groups is 1. The van der Waals surface area contributed by atoms with Crippen LogP contribution >= 0.6 is 0 Å². The molecule has 3 rings (SSSR count). The van der Waals surface area contributed by atoms with Crippen molar-refractivity contribution in [1.82, 2.24) is 15.5 Å². The lowest BCUT2D eigenvalue weighted by Gasteiger charge is -2.24. The molecule has 0 bridgehead atoms. The van der Waals surface area contributed by atoms with Gasteiger partial charge in [0.15, 0.2) is 0 Å². The number of benzene rings is 1. The molecule has 0 unspecified atom stereocenters. The normalized spacial score (nSPS) is 15.3. The van der Waals surface area contributed by atoms with Crippen LogP contribution in [0.5, 0.6) is 0 Å². The Bertz CT molecular complexity index is 693. The number of ether oxygens (including phenoxy) is 1. The number of halogens is 3. The molecular weight excluding hydrogens is 315 g/mol. The summed E-state index contributed by atoms with van der Waals surface area (Å²) in [4.78, 5) is 15.0. The third-order valence-corrected chi connectivity index (χ3v) is 3.36. The van der Waals surface area contributed by atoms with Crippen molar-refractivity contribution in [3.63, 3.8) is 0 Å². The molecule has 1 aromatic carbocycles. The molecule has 122 valence electrons. The third-order valence-electron chi connectivity index (χ3n) is 3.36. The Labute approximate surface area is 128 Å². The van der Waals surface area contributed by atoms with Crippen LogP contribution < -0.4 is 5.32 Å². The zero-order valence-corrected chi connectivity index (χ0v) is 11.8. The minimum Gasteiger partial charge on any atom is -0.380 e. The Morgan fingerprint density at radius 1 is 1.26 bits per heavy atom. The molecule has 9 heteroatoms. The summed E-state index contributed by atoms with van der Waals surface area (Å²) in [5.41, 5.74) is 1.20. The summed E-state index contributed by atoms with van der Waals surface area (Å²) >= 11 is 0. The molecule has 1 aliphatic rings. The number of rotatable bonds is 4. The average Bonchev–Trinajstić information content (AvgIpc) is 2.93. The Morgan fingerprint density at radius 2 is 1.96 bits per heavy atom. The smallest absolute Gasteiger partial charge is 0.380 e. The molecule has 23 heavy (non-hydrogen) atoms. The van der Waals surface area contributed by atoms with Gasteiger partial charge in [-0.25, -0.2) is 0 Å². The highest BCUT2D eigenvalue weighted by Crippen LogP contribution is 2.29. The molecule has 1 N–H and O–H groups in total. The highest BCUT2D eigenvalue weighted by molar-refractivity contribution is 5.79. The lowest BCUT2D eigenvalue weighted by Crippen LogP contribution is -2.41. The SMILES string of the molecule is O=C(NCc1ccc(-c2noc(C(F)(F)F)n2)cc1)C1COC1. The van der Waals surface area contributed by atoms with Gasteiger partial charge in [0.05, 0.1) is 19.1 Å². The van der Waals surface area contributed by atoms with Gasteiger partial charge in [-0.05, 0) is 5.56 Å². The van der Waals surface area contributed by atoms with Crippen LogP contribution in [0, 0.1) is 5.92 Å². The number of aromatic nitrogens is 2. The maximum Gasteiger partial charge on any atom is 0.471 e. The molecule has 2 heterocycles. The number of alkyl halides is 3. The summed E-state index contributed by atoms with van der Waals surface area (Å²) in [5.74, 6) is -1.70. The van der Waals surface area contributed by atoms with Crippen LogP contribution in [0.25, 0.3) is 11.4 Å². The molecule has 1 saturated heterocycles. The van der Waals surface area contributed by atoms with Crippen LogP contribution in [0.3, 0.4) is 0 Å². The van der Waals surface area contributed by atoms with Gasteiger partial charge < -0.3 is 14.6 Å². The van der Waals surface area contributed by atoms with E-state index in [2.05, 4.69) is 20.0 Å². The predicted octanol–water partition coefficient (Wildman–Crippen LogP) is 2.02. The number of nitrogens with one attached hydrogen (secondary N) is 1. The number of amides is 1. The Kier molecular flexibility index (Phi) is 4.03. The number of hydrogen-bond acceptors (Lipinski definition) is 5. The molecule has 1 aliphatic heterocycles. The van der Waals surface area contributed by atoms with Crippen LogP contribution in [-0.2, 0) is 22.3 Å². The monoisotopic (exact) mass is 327 g/mol. The van der Waals surface area contributed by atoms with Crippen molar-refractivity contribution in [2.45, 2.75) is 12.7 Å². The molecule has 0 saturated carbocycles. The summed E-state index contributed by atoms with van der Waals surface area (Å²) in [6.45, 7) is 1.20. The van der Waals surface area contributed by atoms with Crippen molar-refractivity contribution in [1.29, 1.82) is 0 Å². The first-order valence-corrected chi connectivity index (χ1v) is 6.79. The van der Waals surface area contributed by atoms with E-state index in [0.29, 0.717) is 25.3 Å². The lowest BCUT2D eigenvalue weighted by atomic mass is 10.1. The first kappa shape index (κ1) is 15.5. The lowest BCUT2D eigenvalue weighted by molar-refractivity contribution is -0.159. The van der Waals surface area contributed by atoms with E-state index < -0.39 is 12.1 Å². The van der Waals surface area contributed by atoms with Crippen LogP contribution in [0.2, 0.25) is 0 Å². The van der Waals surface area contributed by atoms with Gasteiger partial charge >= 0.3 is 12.1 Å². The van der Waals surface area contributed by atoms with Crippen molar-refractivity contribution >= 4 is 5.91 Å². The Hall–Kier alpha value is -2.42. The second-order valence-electron chi connectivity index (χ2n) is 5.07. The molecule has 0 radical (unpaired) electrons. The highest BCUT2D eigenvalue weighted by atomic mass is 19.4. The van der Waals surface area contributed by atoms with E-state index in [1.807, 2.05) is 0 Å². The second-order valence-corrected chi connectivity index (χ2v) is 5.07. The fourth-order valence-electron chi connectivity index (χ4n) is 1.95. The molecule has 1 aromatic heterocycles. The summed E-state index contributed by atoms with van der Waals surface area (Å²) in [5, 5.41) is 6.08. The van der Waals surface area contributed by atoms with Crippen molar-refractivity contribution in [3.8, 4) is 11.4 Å². The number of hydrogen-bond donors (Lipinski definition) is 1. The highest BCUT2D eigenvalue weighted by Gasteiger charge is 2.38. The second kappa shape index (κ2) is 5.99. The molecule has 6 nitrogen and oxygen atoms in total. The zero-order chi connectivity index (χ0) is 16.4. The standard InChI is InChI=1S/C14H12F3N3O3/c15-14(16,17)13-19-11(20-23-13)9-3-1-8(2-4-9)5-18-12(21)10-6-22-7-10/h1-4,10H,5-7H2,(H,18,21). The van der Waals surface area contributed by atoms with E-state index in [0.717, 1.165) is 5.56 Å². The van der Waals surface area contributed by atoms with Crippen LogP contribution in [0.1, 0.15) is 11.5 Å². The third kappa shape index (κ3) is 3.50. The summed E-state index contributed by atoms with van der Waals surface area (Å²) in [7, 11) is 0. The van der Waals surface area contributed by atoms with Gasteiger partial charge in [0, 0.05) is 12.1 Å². The van der Waals surface area contributed by atoms with Gasteiger partial charge in [0.2, 0.25) is 11.7 Å². The Morgan fingerprint density at radius 3 is 2.48 bits per heavy atom. The number of carbonyl (C=O) groups excluding carboxylic acids is 1. The first-order chi connectivity index (χ1) is 10.9. The fourth-order valence-corrected chi connectivity index (χ4v) is 1.95. The van der Waals surface area contributed by atoms with Crippen LogP contribution in [0.15, 0.2) is 28.8 Å². The minimum absolute atomic E-state index is 0.0756. The van der Waals surface area contributed by atoms with Gasteiger partial charge in [-0.3, -0.25) is 4.79 Å². The maximum atomic E-state index is 12.4. The average molecular weight is 327 g/mol. The molecular formula is C14H12F3N3O3. The van der Waals surface area contributed by atoms with Gasteiger partial charge in [0.25, 0.3) is 0 Å². The first-order valence-electron chi connectivity index (χ1n) is 6.79. The van der Waals surface area contributed by atoms with E-state index >= 15 is 0 Å². The van der Waals surface area contributed by atoms with Gasteiger partial charge in [-0.1, -0.05) is 29.4 Å². The molecule has 0 atom stereocenters.